The van der Waals surface area contributed by atoms with Gasteiger partial charge in [0, 0.05) is 23.3 Å². The summed E-state index contributed by atoms with van der Waals surface area (Å²) in [6, 6.07) is 2.53. The number of carboxylic acids is 1. The number of thiazole rings is 1. The van der Waals surface area contributed by atoms with Gasteiger partial charge in [-0.15, -0.1) is 11.3 Å². The van der Waals surface area contributed by atoms with Crippen molar-refractivity contribution in [3.8, 4) is 5.13 Å². The van der Waals surface area contributed by atoms with Crippen LogP contribution in [0.2, 0.25) is 0 Å². The molecule has 2 aromatic rings. The molecule has 0 saturated heterocycles. The highest BCUT2D eigenvalue weighted by molar-refractivity contribution is 7.14. The molecule has 0 saturated carbocycles. The van der Waals surface area contributed by atoms with E-state index in [0.717, 1.165) is 4.88 Å². The van der Waals surface area contributed by atoms with E-state index < -0.39 is 5.97 Å². The summed E-state index contributed by atoms with van der Waals surface area (Å²) in [5.41, 5.74) is -0.281. The fourth-order valence-electron chi connectivity index (χ4n) is 1.49. The summed E-state index contributed by atoms with van der Waals surface area (Å²) in [6.45, 7) is 6.17. The number of carbonyl (C=O) groups is 1. The van der Waals surface area contributed by atoms with Gasteiger partial charge in [-0.2, -0.15) is 0 Å². The highest BCUT2D eigenvalue weighted by Crippen LogP contribution is 2.28. The Morgan fingerprint density at radius 2 is 2.05 bits per heavy atom. The molecule has 6 heteroatoms. The van der Waals surface area contributed by atoms with Crippen LogP contribution in [-0.2, 0) is 5.41 Å². The second-order valence-electron chi connectivity index (χ2n) is 5.19. The zero-order valence-corrected chi connectivity index (χ0v) is 11.7. The first kappa shape index (κ1) is 13.5. The number of pyridine rings is 1. The Morgan fingerprint density at radius 3 is 2.58 bits per heavy atom. The molecular formula is C13H14N2O3S. The van der Waals surface area contributed by atoms with E-state index in [4.69, 9.17) is 5.11 Å². The molecule has 0 atom stereocenters. The topological polar surface area (TPSA) is 72.2 Å². The van der Waals surface area contributed by atoms with Gasteiger partial charge in [-0.25, -0.2) is 9.78 Å². The fourth-order valence-corrected chi connectivity index (χ4v) is 2.44. The van der Waals surface area contributed by atoms with Crippen LogP contribution >= 0.6 is 11.3 Å². The third-order valence-corrected chi connectivity index (χ3v) is 4.02. The Balaban J connectivity index is 2.53. The minimum atomic E-state index is -1.07. The molecule has 0 unspecified atom stereocenters. The molecule has 2 heterocycles. The first-order valence-electron chi connectivity index (χ1n) is 5.72. The molecule has 5 nitrogen and oxygen atoms in total. The van der Waals surface area contributed by atoms with E-state index in [1.807, 2.05) is 0 Å². The van der Waals surface area contributed by atoms with E-state index in [9.17, 15) is 9.59 Å². The molecule has 0 aliphatic heterocycles. The van der Waals surface area contributed by atoms with Crippen molar-refractivity contribution >= 4 is 17.3 Å². The van der Waals surface area contributed by atoms with Crippen molar-refractivity contribution in [2.45, 2.75) is 26.2 Å². The molecule has 19 heavy (non-hydrogen) atoms. The quantitative estimate of drug-likeness (QED) is 0.914. The van der Waals surface area contributed by atoms with Crippen LogP contribution in [0.3, 0.4) is 0 Å². The zero-order valence-electron chi connectivity index (χ0n) is 10.9. The molecular weight excluding hydrogens is 264 g/mol. The average molecular weight is 278 g/mol. The van der Waals surface area contributed by atoms with E-state index in [0.29, 0.717) is 5.13 Å². The maximum absolute atomic E-state index is 11.8. The Labute approximate surface area is 114 Å². The van der Waals surface area contributed by atoms with E-state index in [2.05, 4.69) is 25.8 Å². The largest absolute Gasteiger partial charge is 0.478 e. The third-order valence-electron chi connectivity index (χ3n) is 2.60. The lowest BCUT2D eigenvalue weighted by molar-refractivity contribution is 0.0696. The van der Waals surface area contributed by atoms with Crippen molar-refractivity contribution < 1.29 is 9.90 Å². The van der Waals surface area contributed by atoms with Crippen LogP contribution in [0.15, 0.2) is 29.3 Å². The molecule has 0 aromatic carbocycles. The first-order valence-corrected chi connectivity index (χ1v) is 6.53. The van der Waals surface area contributed by atoms with Gasteiger partial charge >= 0.3 is 5.97 Å². The molecule has 100 valence electrons. The van der Waals surface area contributed by atoms with Gasteiger partial charge in [-0.05, 0) is 11.5 Å². The molecule has 2 aromatic heterocycles. The van der Waals surface area contributed by atoms with Crippen LogP contribution in [0.25, 0.3) is 5.13 Å². The number of rotatable bonds is 2. The average Bonchev–Trinajstić information content (AvgIpc) is 2.78. The predicted molar refractivity (Wildman–Crippen MR) is 73.4 cm³/mol. The van der Waals surface area contributed by atoms with Gasteiger partial charge in [0.1, 0.15) is 0 Å². The van der Waals surface area contributed by atoms with Crippen LogP contribution in [0.5, 0.6) is 0 Å². The molecule has 0 amide bonds. The fraction of sp³-hybridized carbons (Fsp3) is 0.308. The number of aromatic nitrogens is 2. The van der Waals surface area contributed by atoms with Gasteiger partial charge in [0.25, 0.3) is 5.56 Å². The monoisotopic (exact) mass is 278 g/mol. The molecule has 0 aliphatic rings. The van der Waals surface area contributed by atoms with Crippen molar-refractivity contribution in [2.24, 2.45) is 0 Å². The molecule has 0 spiro atoms. The normalized spacial score (nSPS) is 11.5. The number of hydrogen-bond donors (Lipinski definition) is 1. The van der Waals surface area contributed by atoms with Crippen LogP contribution in [0.4, 0.5) is 0 Å². The van der Waals surface area contributed by atoms with Gasteiger partial charge in [0.05, 0.1) is 5.56 Å². The standard InChI is InChI=1S/C13H14N2O3S/c1-13(2,3)9-6-14-12(19-9)15-7-8(11(17)18)4-5-10(15)16/h4-7H,1-3H3,(H,17,18). The minimum absolute atomic E-state index is 0.0517. The Morgan fingerprint density at radius 1 is 1.37 bits per heavy atom. The van der Waals surface area contributed by atoms with Crippen molar-refractivity contribution in [3.63, 3.8) is 0 Å². The maximum atomic E-state index is 11.8. The Hall–Kier alpha value is -1.95. The minimum Gasteiger partial charge on any atom is -0.478 e. The van der Waals surface area contributed by atoms with Crippen LogP contribution in [0, 0.1) is 0 Å². The van der Waals surface area contributed by atoms with Crippen molar-refractivity contribution in [2.75, 3.05) is 0 Å². The van der Waals surface area contributed by atoms with E-state index >= 15 is 0 Å². The lowest BCUT2D eigenvalue weighted by Crippen LogP contribution is -2.18. The highest BCUT2D eigenvalue weighted by Gasteiger charge is 2.18. The number of nitrogens with zero attached hydrogens (tertiary/aromatic N) is 2. The molecule has 1 N–H and O–H groups in total. The molecule has 0 aliphatic carbocycles. The van der Waals surface area contributed by atoms with E-state index in [1.165, 1.54) is 34.2 Å². The summed E-state index contributed by atoms with van der Waals surface area (Å²) >= 11 is 1.39. The summed E-state index contributed by atoms with van der Waals surface area (Å²) in [5.74, 6) is -1.07. The summed E-state index contributed by atoms with van der Waals surface area (Å²) < 4.78 is 1.27. The summed E-state index contributed by atoms with van der Waals surface area (Å²) in [5, 5.41) is 9.43. The molecule has 0 bridgehead atoms. The first-order chi connectivity index (χ1) is 8.79. The number of aromatic carboxylic acids is 1. The predicted octanol–water partition coefficient (Wildman–Crippen LogP) is 2.29. The number of hydrogen-bond acceptors (Lipinski definition) is 4. The van der Waals surface area contributed by atoms with Gasteiger partial charge in [-0.3, -0.25) is 9.36 Å². The maximum Gasteiger partial charge on any atom is 0.337 e. The zero-order chi connectivity index (χ0) is 14.2. The summed E-state index contributed by atoms with van der Waals surface area (Å²) in [4.78, 5) is 28.0. The summed E-state index contributed by atoms with van der Waals surface area (Å²) in [7, 11) is 0. The molecule has 0 radical (unpaired) electrons. The van der Waals surface area contributed by atoms with Crippen LogP contribution in [-0.4, -0.2) is 20.6 Å². The highest BCUT2D eigenvalue weighted by atomic mass is 32.1. The van der Waals surface area contributed by atoms with E-state index in [1.54, 1.807) is 6.20 Å². The molecule has 2 rings (SSSR count). The van der Waals surface area contributed by atoms with Gasteiger partial charge in [-0.1, -0.05) is 20.8 Å². The van der Waals surface area contributed by atoms with E-state index in [-0.39, 0.29) is 16.5 Å². The smallest absolute Gasteiger partial charge is 0.337 e. The number of carboxylic acid groups (broad SMARTS) is 1. The Bertz CT molecular complexity index is 680. The van der Waals surface area contributed by atoms with Crippen molar-refractivity contribution in [1.82, 2.24) is 9.55 Å². The van der Waals surface area contributed by atoms with Crippen LogP contribution in [0.1, 0.15) is 36.0 Å². The van der Waals surface area contributed by atoms with Crippen molar-refractivity contribution in [3.05, 3.63) is 45.3 Å². The third kappa shape index (κ3) is 2.73. The Kier molecular flexibility index (Phi) is 3.28. The second-order valence-corrected chi connectivity index (χ2v) is 6.20. The van der Waals surface area contributed by atoms with Crippen molar-refractivity contribution in [1.29, 1.82) is 0 Å². The SMILES string of the molecule is CC(C)(C)c1cnc(-n2cc(C(=O)O)ccc2=O)s1. The lowest BCUT2D eigenvalue weighted by atomic mass is 9.96. The van der Waals surface area contributed by atoms with Crippen LogP contribution < -0.4 is 5.56 Å². The molecule has 0 fully saturated rings. The van der Waals surface area contributed by atoms with Gasteiger partial charge in [0.15, 0.2) is 5.13 Å². The van der Waals surface area contributed by atoms with Gasteiger partial charge in [0.2, 0.25) is 0 Å². The lowest BCUT2D eigenvalue weighted by Gasteiger charge is -2.14. The summed E-state index contributed by atoms with van der Waals surface area (Å²) in [6.07, 6.45) is 3.02. The van der Waals surface area contributed by atoms with Gasteiger partial charge < -0.3 is 5.11 Å². The second kappa shape index (κ2) is 4.62.